The van der Waals surface area contributed by atoms with E-state index in [4.69, 9.17) is 0 Å². The van der Waals surface area contributed by atoms with Crippen molar-refractivity contribution in [3.05, 3.63) is 65.7 Å². The van der Waals surface area contributed by atoms with E-state index < -0.39 is 23.4 Å². The molecular weight excluding hydrogens is 338 g/mol. The first-order valence-corrected chi connectivity index (χ1v) is 8.62. The second-order valence-electron chi connectivity index (χ2n) is 6.50. The maximum absolute atomic E-state index is 13.6. The predicted molar refractivity (Wildman–Crippen MR) is 94.4 cm³/mol. The van der Waals surface area contributed by atoms with Crippen LogP contribution in [-0.2, 0) is 16.0 Å². The van der Waals surface area contributed by atoms with Crippen molar-refractivity contribution in [2.24, 2.45) is 5.92 Å². The fourth-order valence-electron chi connectivity index (χ4n) is 3.20. The lowest BCUT2D eigenvalue weighted by atomic mass is 9.90. The average Bonchev–Trinajstić information content (AvgIpc) is 2.65. The van der Waals surface area contributed by atoms with Gasteiger partial charge in [0.15, 0.2) is 0 Å². The molecule has 0 aliphatic carbocycles. The molecule has 0 unspecified atom stereocenters. The number of piperidine rings is 1. The number of nitrogens with one attached hydrogen (secondary N) is 1. The van der Waals surface area contributed by atoms with Gasteiger partial charge < -0.3 is 10.2 Å². The zero-order valence-corrected chi connectivity index (χ0v) is 14.3. The lowest BCUT2D eigenvalue weighted by Gasteiger charge is -2.31. The van der Waals surface area contributed by atoms with Crippen LogP contribution in [0.1, 0.15) is 18.4 Å². The number of nitrogens with zero attached hydrogens (tertiary/aromatic N) is 1. The van der Waals surface area contributed by atoms with Gasteiger partial charge in [0.25, 0.3) is 0 Å². The summed E-state index contributed by atoms with van der Waals surface area (Å²) >= 11 is 0. The minimum Gasteiger partial charge on any atom is -0.334 e. The van der Waals surface area contributed by atoms with Gasteiger partial charge in [-0.15, -0.1) is 0 Å². The third-order valence-electron chi connectivity index (χ3n) is 4.64. The third kappa shape index (κ3) is 4.45. The number of hydrogen-bond donors (Lipinski definition) is 1. The number of hydrogen-bond acceptors (Lipinski definition) is 2. The summed E-state index contributed by atoms with van der Waals surface area (Å²) in [5.41, 5.74) is 0.930. The van der Waals surface area contributed by atoms with Crippen molar-refractivity contribution in [1.82, 2.24) is 4.90 Å². The van der Waals surface area contributed by atoms with Gasteiger partial charge in [0.2, 0.25) is 0 Å². The van der Waals surface area contributed by atoms with E-state index in [9.17, 15) is 18.4 Å². The van der Waals surface area contributed by atoms with Crippen LogP contribution < -0.4 is 5.32 Å². The second kappa shape index (κ2) is 8.08. The molecule has 26 heavy (non-hydrogen) atoms. The summed E-state index contributed by atoms with van der Waals surface area (Å²) in [6.07, 6.45) is 2.56. The Kier molecular flexibility index (Phi) is 5.61. The highest BCUT2D eigenvalue weighted by Gasteiger charge is 2.27. The maximum Gasteiger partial charge on any atom is 0.313 e. The number of carbonyl (C=O) groups excluding carboxylic acids is 2. The minimum atomic E-state index is -0.948. The number of rotatable bonds is 3. The summed E-state index contributed by atoms with van der Waals surface area (Å²) in [6, 6.07) is 12.9. The number of amides is 2. The van der Waals surface area contributed by atoms with Crippen LogP contribution in [0.15, 0.2) is 48.5 Å². The summed E-state index contributed by atoms with van der Waals surface area (Å²) in [5, 5.41) is 2.15. The van der Waals surface area contributed by atoms with Gasteiger partial charge in [0.05, 0.1) is 5.69 Å². The fraction of sp³-hybridized carbons (Fsp3) is 0.300. The first kappa shape index (κ1) is 18.0. The minimum absolute atomic E-state index is 0.331. The summed E-state index contributed by atoms with van der Waals surface area (Å²) in [6.45, 7) is 0.963. The molecule has 0 radical (unpaired) electrons. The van der Waals surface area contributed by atoms with Gasteiger partial charge in [-0.05, 0) is 42.9 Å². The molecule has 2 amide bonds. The lowest BCUT2D eigenvalue weighted by molar-refractivity contribution is -0.144. The molecule has 2 aromatic carbocycles. The summed E-state index contributed by atoms with van der Waals surface area (Å²) in [5.74, 6) is -2.67. The van der Waals surface area contributed by atoms with Crippen molar-refractivity contribution < 1.29 is 18.4 Å². The van der Waals surface area contributed by atoms with Gasteiger partial charge in [-0.3, -0.25) is 9.59 Å². The molecule has 2 aromatic rings. The van der Waals surface area contributed by atoms with Crippen LogP contribution >= 0.6 is 0 Å². The van der Waals surface area contributed by atoms with Gasteiger partial charge >= 0.3 is 11.8 Å². The largest absolute Gasteiger partial charge is 0.334 e. The highest BCUT2D eigenvalue weighted by atomic mass is 19.1. The van der Waals surface area contributed by atoms with Gasteiger partial charge in [-0.1, -0.05) is 30.3 Å². The van der Waals surface area contributed by atoms with Gasteiger partial charge in [0.1, 0.15) is 11.6 Å². The third-order valence-corrected chi connectivity index (χ3v) is 4.64. The smallest absolute Gasteiger partial charge is 0.313 e. The van der Waals surface area contributed by atoms with Crippen LogP contribution in [0.25, 0.3) is 0 Å². The highest BCUT2D eigenvalue weighted by Crippen LogP contribution is 2.22. The Morgan fingerprint density at radius 1 is 1.04 bits per heavy atom. The predicted octanol–water partition coefficient (Wildman–Crippen LogP) is 3.38. The Morgan fingerprint density at radius 2 is 1.73 bits per heavy atom. The molecule has 0 bridgehead atoms. The Morgan fingerprint density at radius 3 is 2.42 bits per heavy atom. The SMILES string of the molecule is O=C(Nc1cc(F)ccc1F)C(=O)N1CCC(Cc2ccccc2)CC1. The van der Waals surface area contributed by atoms with Crippen molar-refractivity contribution in [3.63, 3.8) is 0 Å². The summed E-state index contributed by atoms with van der Waals surface area (Å²) in [4.78, 5) is 25.8. The van der Waals surface area contributed by atoms with E-state index in [0.29, 0.717) is 19.0 Å². The second-order valence-corrected chi connectivity index (χ2v) is 6.50. The van der Waals surface area contributed by atoms with E-state index >= 15 is 0 Å². The molecule has 0 saturated carbocycles. The quantitative estimate of drug-likeness (QED) is 0.855. The Bertz CT molecular complexity index is 788. The topological polar surface area (TPSA) is 49.4 Å². The normalized spacial score (nSPS) is 14.9. The number of carbonyl (C=O) groups is 2. The molecule has 4 nitrogen and oxygen atoms in total. The first-order chi connectivity index (χ1) is 12.5. The van der Waals surface area contributed by atoms with Crippen LogP contribution in [0.4, 0.5) is 14.5 Å². The van der Waals surface area contributed by atoms with Crippen molar-refractivity contribution in [2.45, 2.75) is 19.3 Å². The molecule has 6 heteroatoms. The number of likely N-dealkylation sites (tertiary alicyclic amines) is 1. The standard InChI is InChI=1S/C20H20F2N2O2/c21-16-6-7-17(22)18(13-16)23-19(25)20(26)24-10-8-15(9-11-24)12-14-4-2-1-3-5-14/h1-7,13,15H,8-12H2,(H,23,25). The monoisotopic (exact) mass is 358 g/mol. The summed E-state index contributed by atoms with van der Waals surface area (Å²) in [7, 11) is 0. The Labute approximate surface area is 150 Å². The summed E-state index contributed by atoms with van der Waals surface area (Å²) < 4.78 is 26.7. The van der Waals surface area contributed by atoms with Gasteiger partial charge in [-0.25, -0.2) is 8.78 Å². The molecule has 1 aliphatic rings. The molecule has 1 fully saturated rings. The Balaban J connectivity index is 1.53. The van der Waals surface area contributed by atoms with Crippen LogP contribution in [0.2, 0.25) is 0 Å². The molecule has 1 saturated heterocycles. The van der Waals surface area contributed by atoms with Crippen LogP contribution in [0.5, 0.6) is 0 Å². The highest BCUT2D eigenvalue weighted by molar-refractivity contribution is 6.39. The van der Waals surface area contributed by atoms with Crippen LogP contribution in [0.3, 0.4) is 0 Å². The molecular formula is C20H20F2N2O2. The van der Waals surface area contributed by atoms with Crippen molar-refractivity contribution in [1.29, 1.82) is 0 Å². The van der Waals surface area contributed by atoms with E-state index in [1.54, 1.807) is 0 Å². The molecule has 1 N–H and O–H groups in total. The zero-order chi connectivity index (χ0) is 18.5. The average molecular weight is 358 g/mol. The molecule has 3 rings (SSSR count). The number of benzene rings is 2. The number of anilines is 1. The van der Waals surface area contributed by atoms with E-state index in [1.165, 1.54) is 10.5 Å². The first-order valence-electron chi connectivity index (χ1n) is 8.62. The van der Waals surface area contributed by atoms with Gasteiger partial charge in [0, 0.05) is 19.2 Å². The lowest BCUT2D eigenvalue weighted by Crippen LogP contribution is -2.44. The molecule has 0 atom stereocenters. The van der Waals surface area contributed by atoms with Crippen LogP contribution in [0, 0.1) is 17.6 Å². The molecule has 136 valence electrons. The number of halogens is 2. The van der Waals surface area contributed by atoms with Crippen LogP contribution in [-0.4, -0.2) is 29.8 Å². The fourth-order valence-corrected chi connectivity index (χ4v) is 3.20. The molecule has 1 heterocycles. The van der Waals surface area contributed by atoms with Gasteiger partial charge in [-0.2, -0.15) is 0 Å². The zero-order valence-electron chi connectivity index (χ0n) is 14.3. The molecule has 0 spiro atoms. The van der Waals surface area contributed by atoms with Crippen molar-refractivity contribution >= 4 is 17.5 Å². The molecule has 0 aromatic heterocycles. The maximum atomic E-state index is 13.6. The Hall–Kier alpha value is -2.76. The van der Waals surface area contributed by atoms with Crippen molar-refractivity contribution in [3.8, 4) is 0 Å². The van der Waals surface area contributed by atoms with E-state index in [0.717, 1.165) is 37.5 Å². The van der Waals surface area contributed by atoms with E-state index in [2.05, 4.69) is 17.4 Å². The van der Waals surface area contributed by atoms with E-state index in [1.807, 2.05) is 18.2 Å². The van der Waals surface area contributed by atoms with E-state index in [-0.39, 0.29) is 5.69 Å². The molecule has 1 aliphatic heterocycles. The van der Waals surface area contributed by atoms with Crippen molar-refractivity contribution in [2.75, 3.05) is 18.4 Å².